The van der Waals surface area contributed by atoms with Crippen molar-refractivity contribution in [3.05, 3.63) is 41.6 Å². The molecule has 8 nitrogen and oxygen atoms in total. The number of hydrogen-bond donors (Lipinski definition) is 2. The van der Waals surface area contributed by atoms with Crippen molar-refractivity contribution in [2.75, 3.05) is 11.9 Å². The third-order valence-corrected chi connectivity index (χ3v) is 3.26. The lowest BCUT2D eigenvalue weighted by atomic mass is 10.0. The number of fused-ring (bicyclic) bond motifs is 1. The van der Waals surface area contributed by atoms with E-state index < -0.39 is 12.0 Å². The number of aliphatic carboxylic acids is 1. The third-order valence-electron chi connectivity index (χ3n) is 3.26. The van der Waals surface area contributed by atoms with Crippen molar-refractivity contribution in [2.24, 2.45) is 0 Å². The van der Waals surface area contributed by atoms with Crippen LogP contribution in [0.1, 0.15) is 24.9 Å². The highest BCUT2D eigenvalue weighted by molar-refractivity contribution is 5.90. The summed E-state index contributed by atoms with van der Waals surface area (Å²) in [6.07, 6.45) is 2.45. The number of tetrazole rings is 1. The number of carbonyl (C=O) groups is 1. The van der Waals surface area contributed by atoms with Gasteiger partial charge in [-0.25, -0.2) is 4.79 Å². The lowest BCUT2D eigenvalue weighted by molar-refractivity contribution is -0.132. The molecule has 0 saturated carbocycles. The van der Waals surface area contributed by atoms with E-state index in [0.29, 0.717) is 12.4 Å². The SMILES string of the molecule is CCCOc1ccccc1C1C=C(C(=O)O)Nc2nnnn21. The van der Waals surface area contributed by atoms with Gasteiger partial charge in [-0.15, -0.1) is 0 Å². The summed E-state index contributed by atoms with van der Waals surface area (Å²) >= 11 is 0. The van der Waals surface area contributed by atoms with E-state index in [1.807, 2.05) is 31.2 Å². The molecule has 1 aromatic carbocycles. The molecular weight excluding hydrogens is 286 g/mol. The first-order chi connectivity index (χ1) is 10.7. The minimum absolute atomic E-state index is 0.0394. The van der Waals surface area contributed by atoms with Crippen LogP contribution in [0.4, 0.5) is 5.95 Å². The molecule has 0 saturated heterocycles. The third kappa shape index (κ3) is 2.50. The van der Waals surface area contributed by atoms with Crippen molar-refractivity contribution < 1.29 is 14.6 Å². The minimum atomic E-state index is -1.06. The number of carboxylic acids is 1. The Hall–Kier alpha value is -2.90. The number of nitrogens with zero attached hydrogens (tertiary/aromatic N) is 4. The van der Waals surface area contributed by atoms with E-state index in [-0.39, 0.29) is 11.6 Å². The van der Waals surface area contributed by atoms with Crippen LogP contribution in [0.5, 0.6) is 5.75 Å². The molecule has 0 radical (unpaired) electrons. The summed E-state index contributed by atoms with van der Waals surface area (Å²) < 4.78 is 7.28. The zero-order valence-electron chi connectivity index (χ0n) is 11.9. The van der Waals surface area contributed by atoms with Gasteiger partial charge in [0.05, 0.1) is 6.61 Å². The molecule has 1 aliphatic rings. The van der Waals surface area contributed by atoms with Gasteiger partial charge in [-0.2, -0.15) is 4.68 Å². The van der Waals surface area contributed by atoms with E-state index in [0.717, 1.165) is 12.0 Å². The Bertz CT molecular complexity index is 725. The Morgan fingerprint density at radius 1 is 1.45 bits per heavy atom. The summed E-state index contributed by atoms with van der Waals surface area (Å²) in [6.45, 7) is 2.61. The van der Waals surface area contributed by atoms with Crippen molar-refractivity contribution >= 4 is 11.9 Å². The van der Waals surface area contributed by atoms with Gasteiger partial charge in [0.2, 0.25) is 5.95 Å². The van der Waals surface area contributed by atoms with E-state index in [4.69, 9.17) is 4.74 Å². The van der Waals surface area contributed by atoms with Gasteiger partial charge >= 0.3 is 5.97 Å². The van der Waals surface area contributed by atoms with Crippen LogP contribution in [0.15, 0.2) is 36.0 Å². The van der Waals surface area contributed by atoms with Gasteiger partial charge in [-0.3, -0.25) is 0 Å². The molecule has 2 aromatic rings. The molecule has 22 heavy (non-hydrogen) atoms. The maximum absolute atomic E-state index is 11.3. The van der Waals surface area contributed by atoms with Crippen molar-refractivity contribution in [1.82, 2.24) is 20.2 Å². The molecule has 1 atom stereocenters. The molecule has 1 unspecified atom stereocenters. The van der Waals surface area contributed by atoms with Crippen LogP contribution in [0.2, 0.25) is 0 Å². The number of ether oxygens (including phenoxy) is 1. The first kappa shape index (κ1) is 14.1. The Kier molecular flexibility index (Phi) is 3.73. The van der Waals surface area contributed by atoms with E-state index in [9.17, 15) is 9.90 Å². The van der Waals surface area contributed by atoms with E-state index in [2.05, 4.69) is 20.8 Å². The molecule has 3 rings (SSSR count). The highest BCUT2D eigenvalue weighted by Gasteiger charge is 2.28. The zero-order chi connectivity index (χ0) is 15.5. The fourth-order valence-corrected chi connectivity index (χ4v) is 2.27. The topological polar surface area (TPSA) is 102 Å². The first-order valence-electron chi connectivity index (χ1n) is 6.92. The van der Waals surface area contributed by atoms with Gasteiger partial charge in [0.25, 0.3) is 0 Å². The molecule has 1 aliphatic heterocycles. The minimum Gasteiger partial charge on any atom is -0.493 e. The maximum Gasteiger partial charge on any atom is 0.352 e. The highest BCUT2D eigenvalue weighted by Crippen LogP contribution is 2.33. The zero-order valence-corrected chi connectivity index (χ0v) is 11.9. The van der Waals surface area contributed by atoms with E-state index >= 15 is 0 Å². The lowest BCUT2D eigenvalue weighted by Gasteiger charge is -2.23. The lowest BCUT2D eigenvalue weighted by Crippen LogP contribution is -2.24. The van der Waals surface area contributed by atoms with Crippen LogP contribution in [0.3, 0.4) is 0 Å². The molecule has 0 spiro atoms. The normalized spacial score (nSPS) is 16.4. The summed E-state index contributed by atoms with van der Waals surface area (Å²) in [5.74, 6) is -0.0832. The molecule has 114 valence electrons. The van der Waals surface area contributed by atoms with Crippen LogP contribution < -0.4 is 10.1 Å². The van der Waals surface area contributed by atoms with Gasteiger partial charge < -0.3 is 15.2 Å². The molecule has 2 heterocycles. The van der Waals surface area contributed by atoms with Crippen LogP contribution in [-0.4, -0.2) is 37.9 Å². The maximum atomic E-state index is 11.3. The number of aromatic nitrogens is 4. The fraction of sp³-hybridized carbons (Fsp3) is 0.286. The van der Waals surface area contributed by atoms with Crippen LogP contribution in [-0.2, 0) is 4.79 Å². The van der Waals surface area contributed by atoms with Gasteiger partial charge in [-0.1, -0.05) is 30.2 Å². The quantitative estimate of drug-likeness (QED) is 0.861. The number of carboxylic acid groups (broad SMARTS) is 1. The van der Waals surface area contributed by atoms with Crippen molar-refractivity contribution in [2.45, 2.75) is 19.4 Å². The second-order valence-corrected chi connectivity index (χ2v) is 4.79. The molecule has 0 fully saturated rings. The Morgan fingerprint density at radius 3 is 3.05 bits per heavy atom. The number of para-hydroxylation sites is 1. The fourth-order valence-electron chi connectivity index (χ4n) is 2.27. The second kappa shape index (κ2) is 5.84. The van der Waals surface area contributed by atoms with Gasteiger partial charge in [-0.05, 0) is 29.0 Å². The summed E-state index contributed by atoms with van der Waals surface area (Å²) in [4.78, 5) is 11.3. The number of hydrogen-bond acceptors (Lipinski definition) is 6. The summed E-state index contributed by atoms with van der Waals surface area (Å²) in [5, 5.41) is 23.3. The first-order valence-corrected chi connectivity index (χ1v) is 6.92. The molecule has 0 aliphatic carbocycles. The molecular formula is C14H15N5O3. The summed E-state index contributed by atoms with van der Waals surface area (Å²) in [6, 6.07) is 7.03. The van der Waals surface area contributed by atoms with Gasteiger partial charge in [0.15, 0.2) is 0 Å². The van der Waals surface area contributed by atoms with Crippen molar-refractivity contribution in [1.29, 1.82) is 0 Å². The smallest absolute Gasteiger partial charge is 0.352 e. The van der Waals surface area contributed by atoms with E-state index in [1.165, 1.54) is 4.68 Å². The Labute approximate surface area is 126 Å². The number of benzene rings is 1. The number of nitrogens with one attached hydrogen (secondary N) is 1. The van der Waals surface area contributed by atoms with E-state index in [1.54, 1.807) is 6.08 Å². The number of rotatable bonds is 5. The molecule has 0 amide bonds. The molecule has 0 bridgehead atoms. The predicted octanol–water partition coefficient (Wildman–Crippen LogP) is 1.45. The van der Waals surface area contributed by atoms with Crippen LogP contribution >= 0.6 is 0 Å². The van der Waals surface area contributed by atoms with Crippen molar-refractivity contribution in [3.63, 3.8) is 0 Å². The molecule has 2 N–H and O–H groups in total. The largest absolute Gasteiger partial charge is 0.493 e. The average Bonchev–Trinajstić information content (AvgIpc) is 3.00. The van der Waals surface area contributed by atoms with Crippen molar-refractivity contribution in [3.8, 4) is 5.75 Å². The molecule has 8 heteroatoms. The predicted molar refractivity (Wildman–Crippen MR) is 77.5 cm³/mol. The summed E-state index contributed by atoms with van der Waals surface area (Å²) in [7, 11) is 0. The Morgan fingerprint density at radius 2 is 2.27 bits per heavy atom. The van der Waals surface area contributed by atoms with Crippen LogP contribution in [0, 0.1) is 0 Å². The standard InChI is InChI=1S/C14H15N5O3/c1-2-7-22-12-6-4-3-5-9(12)11-8-10(13(20)21)15-14-16-17-18-19(11)14/h3-6,8,11H,2,7H2,1H3,(H,20,21)(H,15,16,18). The van der Waals surface area contributed by atoms with Crippen LogP contribution in [0.25, 0.3) is 0 Å². The number of anilines is 1. The average molecular weight is 301 g/mol. The van der Waals surface area contributed by atoms with Gasteiger partial charge in [0.1, 0.15) is 17.5 Å². The number of allylic oxidation sites excluding steroid dienone is 1. The highest BCUT2D eigenvalue weighted by atomic mass is 16.5. The van der Waals surface area contributed by atoms with Gasteiger partial charge in [0, 0.05) is 5.56 Å². The Balaban J connectivity index is 2.05. The second-order valence-electron chi connectivity index (χ2n) is 4.79. The monoisotopic (exact) mass is 301 g/mol. The summed E-state index contributed by atoms with van der Waals surface area (Å²) in [5.41, 5.74) is 0.849. The molecule has 1 aromatic heterocycles.